The average Bonchev–Trinajstić information content (AvgIpc) is 3.43. The van der Waals surface area contributed by atoms with Gasteiger partial charge >= 0.3 is 28.1 Å². The predicted molar refractivity (Wildman–Crippen MR) is 117 cm³/mol. The number of aromatic nitrogens is 2. The summed E-state index contributed by atoms with van der Waals surface area (Å²) in [5.74, 6) is 0. The predicted octanol–water partition coefficient (Wildman–Crippen LogP) is 3.55. The fourth-order valence-electron chi connectivity index (χ4n) is 2.35. The van der Waals surface area contributed by atoms with Crippen molar-refractivity contribution >= 4 is 55.3 Å². The van der Waals surface area contributed by atoms with Gasteiger partial charge in [-0.15, -0.1) is 22.7 Å². The van der Waals surface area contributed by atoms with Gasteiger partial charge in [0.15, 0.2) is 20.2 Å². The summed E-state index contributed by atoms with van der Waals surface area (Å²) in [6, 6.07) is 0.563. The molecule has 0 N–H and O–H groups in total. The molecule has 2 aromatic heterocycles. The van der Waals surface area contributed by atoms with Crippen LogP contribution in [0.2, 0.25) is 0 Å². The minimum Gasteiger partial charge on any atom is -0.741 e. The maximum atomic E-state index is 10.7. The summed E-state index contributed by atoms with van der Waals surface area (Å²) in [5, 5.41) is 5.89. The molecule has 0 amide bonds. The molecule has 0 aliphatic heterocycles. The van der Waals surface area contributed by atoms with Crippen molar-refractivity contribution in [3.05, 3.63) is 33.2 Å². The molecule has 0 bridgehead atoms. The molecule has 213 valence electrons. The first kappa shape index (κ1) is 35.5. The third-order valence-corrected chi connectivity index (χ3v) is 6.47. The van der Waals surface area contributed by atoms with E-state index in [1.807, 2.05) is 35.6 Å². The second-order valence-electron chi connectivity index (χ2n) is 6.52. The van der Waals surface area contributed by atoms with E-state index in [4.69, 9.17) is 35.9 Å². The van der Waals surface area contributed by atoms with E-state index in [-0.39, 0.29) is 29.2 Å². The Bertz CT molecular complexity index is 1090. The van der Waals surface area contributed by atoms with Crippen molar-refractivity contribution in [2.24, 2.45) is 9.98 Å². The van der Waals surface area contributed by atoms with Crippen LogP contribution in [0.25, 0.3) is 0 Å². The van der Waals surface area contributed by atoms with Gasteiger partial charge in [-0.25, -0.2) is 26.8 Å². The minimum absolute atomic E-state index is 0. The van der Waals surface area contributed by atoms with Gasteiger partial charge in [0, 0.05) is 23.2 Å². The van der Waals surface area contributed by atoms with Crippen LogP contribution in [0.1, 0.15) is 35.7 Å². The molecule has 10 nitrogen and oxygen atoms in total. The summed E-state index contributed by atoms with van der Waals surface area (Å²) in [6.45, 7) is 0. The molecule has 2 atom stereocenters. The third-order valence-electron chi connectivity index (χ3n) is 3.92. The van der Waals surface area contributed by atoms with Gasteiger partial charge in [-0.1, -0.05) is 12.8 Å². The molecule has 1 radical (unpaired) electrons. The van der Waals surface area contributed by atoms with Crippen molar-refractivity contribution in [1.29, 1.82) is 0 Å². The summed E-state index contributed by atoms with van der Waals surface area (Å²) in [7, 11) is -12.2. The van der Waals surface area contributed by atoms with Crippen molar-refractivity contribution in [2.75, 3.05) is 0 Å². The molecule has 1 aliphatic rings. The van der Waals surface area contributed by atoms with Crippen molar-refractivity contribution in [2.45, 2.75) is 48.8 Å². The van der Waals surface area contributed by atoms with E-state index in [2.05, 4.69) is 9.97 Å². The van der Waals surface area contributed by atoms with E-state index in [9.17, 15) is 26.3 Å². The van der Waals surface area contributed by atoms with Crippen LogP contribution in [-0.2, 0) is 37.3 Å². The normalized spacial score (nSPS) is 18.9. The van der Waals surface area contributed by atoms with Gasteiger partial charge in [0.1, 0.15) is 10.0 Å². The van der Waals surface area contributed by atoms with E-state index in [0.717, 1.165) is 22.9 Å². The van der Waals surface area contributed by atoms with Crippen molar-refractivity contribution in [1.82, 2.24) is 9.97 Å². The topological polar surface area (TPSA) is 165 Å². The van der Waals surface area contributed by atoms with Gasteiger partial charge in [0.05, 0.1) is 24.5 Å². The van der Waals surface area contributed by atoms with Gasteiger partial charge in [-0.2, -0.15) is 26.3 Å². The molecule has 0 aromatic carbocycles. The third kappa shape index (κ3) is 13.8. The molecule has 1 saturated carbocycles. The van der Waals surface area contributed by atoms with Crippen LogP contribution in [-0.4, -0.2) is 71.4 Å². The van der Waals surface area contributed by atoms with Gasteiger partial charge in [0.2, 0.25) is 0 Å². The average molecular weight is 666 g/mol. The van der Waals surface area contributed by atoms with Crippen LogP contribution in [0.5, 0.6) is 0 Å². The molecule has 37 heavy (non-hydrogen) atoms. The Labute approximate surface area is 226 Å². The number of rotatable bonds is 4. The Balaban J connectivity index is 0.000000640. The van der Waals surface area contributed by atoms with Crippen LogP contribution < -0.4 is 0 Å². The molecule has 2 heterocycles. The quantitative estimate of drug-likeness (QED) is 0.157. The smallest absolute Gasteiger partial charge is 0.741 e. The fraction of sp³-hybridized carbons (Fsp3) is 0.500. The first-order valence-corrected chi connectivity index (χ1v) is 13.9. The molecule has 0 spiro atoms. The maximum Gasteiger partial charge on any atom is 2.00 e. The Morgan fingerprint density at radius 1 is 0.784 bits per heavy atom. The van der Waals surface area contributed by atoms with E-state index >= 15 is 0 Å². The number of hydrogen-bond acceptors (Lipinski definition) is 12. The van der Waals surface area contributed by atoms with Gasteiger partial charge in [-0.3, -0.25) is 9.98 Å². The Kier molecular flexibility index (Phi) is 14.6. The summed E-state index contributed by atoms with van der Waals surface area (Å²) in [5.41, 5.74) is -11.3. The Hall–Kier alpha value is -1.48. The van der Waals surface area contributed by atoms with Crippen LogP contribution in [0.15, 0.2) is 33.1 Å². The minimum atomic E-state index is -6.09. The number of hydrogen-bond donors (Lipinski definition) is 0. The van der Waals surface area contributed by atoms with Gasteiger partial charge in [-0.05, 0) is 12.8 Å². The molecular formula is C16H16CuF6N4O6S4. The molecule has 0 saturated heterocycles. The summed E-state index contributed by atoms with van der Waals surface area (Å²) >= 11 is 3.23. The van der Waals surface area contributed by atoms with Crippen LogP contribution in [0.4, 0.5) is 26.3 Å². The molecule has 2 aromatic rings. The Morgan fingerprint density at radius 2 is 1.08 bits per heavy atom. The van der Waals surface area contributed by atoms with E-state index < -0.39 is 31.3 Å². The van der Waals surface area contributed by atoms with Crippen molar-refractivity contribution in [3.8, 4) is 0 Å². The number of halogens is 6. The Morgan fingerprint density at radius 3 is 1.30 bits per heavy atom. The second kappa shape index (κ2) is 15.2. The second-order valence-corrected chi connectivity index (χ2v) is 11.1. The number of nitrogens with zero attached hydrogens (tertiary/aromatic N) is 4. The van der Waals surface area contributed by atoms with E-state index in [1.165, 1.54) is 12.8 Å². The zero-order valence-electron chi connectivity index (χ0n) is 17.9. The van der Waals surface area contributed by atoms with Gasteiger partial charge in [0.25, 0.3) is 0 Å². The largest absolute Gasteiger partial charge is 2.00 e. The first-order chi connectivity index (χ1) is 16.4. The first-order valence-electron chi connectivity index (χ1n) is 9.31. The SMILES string of the molecule is C(=N[C@@H]1CCCC[C@H]1N=Cc1nccs1)c1nccs1.O=S(=O)([O-])C(F)(F)F.O=S(=O)([O-])C(F)(F)F.[Cu+2]. The summed E-state index contributed by atoms with van der Waals surface area (Å²) in [6.07, 6.45) is 12.1. The van der Waals surface area contributed by atoms with Crippen LogP contribution >= 0.6 is 22.7 Å². The summed E-state index contributed by atoms with van der Waals surface area (Å²) in [4.78, 5) is 17.9. The molecular weight excluding hydrogens is 650 g/mol. The summed E-state index contributed by atoms with van der Waals surface area (Å²) < 4.78 is 118. The van der Waals surface area contributed by atoms with E-state index in [0.29, 0.717) is 0 Å². The van der Waals surface area contributed by atoms with Gasteiger partial charge < -0.3 is 9.11 Å². The molecule has 21 heteroatoms. The number of thiazole rings is 2. The van der Waals surface area contributed by atoms with E-state index in [1.54, 1.807) is 22.7 Å². The zero-order chi connectivity index (χ0) is 27.6. The fourth-order valence-corrected chi connectivity index (χ4v) is 3.36. The van der Waals surface area contributed by atoms with Crippen molar-refractivity contribution in [3.63, 3.8) is 0 Å². The molecule has 0 unspecified atom stereocenters. The van der Waals surface area contributed by atoms with Crippen molar-refractivity contribution < 1.29 is 69.4 Å². The standard InChI is InChI=1S/C14H16N4S2.2CHF3O3S.Cu/c1-2-4-12(18-10-14-16-6-8-20-14)11(3-1)17-9-13-15-5-7-19-13;2*2-1(3,4)8(5,6)7;/h5-12H,1-4H2;2*(H,5,6,7);/q;;;+2/p-2/t11-,12-;;;/m1.../s1. The molecule has 3 rings (SSSR count). The zero-order valence-corrected chi connectivity index (χ0v) is 22.1. The monoisotopic (exact) mass is 665 g/mol. The van der Waals surface area contributed by atoms with Crippen LogP contribution in [0.3, 0.4) is 0 Å². The molecule has 1 fully saturated rings. The molecule has 1 aliphatic carbocycles. The number of alkyl halides is 6. The number of aliphatic imine (C=N–C) groups is 2. The maximum absolute atomic E-state index is 10.7. The van der Waals surface area contributed by atoms with Crippen LogP contribution in [0, 0.1) is 0 Å².